The summed E-state index contributed by atoms with van der Waals surface area (Å²) in [6.07, 6.45) is -0.0415. The molecule has 3 rings (SSSR count). The van der Waals surface area contributed by atoms with Crippen molar-refractivity contribution in [3.8, 4) is 17.3 Å². The number of nitrogens with one attached hydrogen (secondary N) is 1. The molecule has 3 aromatic rings. The largest absolute Gasteiger partial charge is 0.449 e. The number of aromatic nitrogens is 1. The molecule has 6 nitrogen and oxygen atoms in total. The van der Waals surface area contributed by atoms with Gasteiger partial charge in [-0.1, -0.05) is 37.3 Å². The lowest BCUT2D eigenvalue weighted by Crippen LogP contribution is -2.30. The van der Waals surface area contributed by atoms with Gasteiger partial charge in [-0.2, -0.15) is 5.26 Å². The molecular formula is C22H19N3O3S. The van der Waals surface area contributed by atoms with E-state index < -0.39 is 18.0 Å². The summed E-state index contributed by atoms with van der Waals surface area (Å²) in [6, 6.07) is 16.2. The van der Waals surface area contributed by atoms with Crippen LogP contribution in [0.2, 0.25) is 0 Å². The molecule has 0 aliphatic heterocycles. The van der Waals surface area contributed by atoms with Gasteiger partial charge in [-0.25, -0.2) is 9.78 Å². The van der Waals surface area contributed by atoms with Crippen molar-refractivity contribution in [1.29, 1.82) is 5.26 Å². The lowest BCUT2D eigenvalue weighted by molar-refractivity contribution is -0.123. The average Bonchev–Trinajstić information content (AvgIpc) is 3.22. The first-order chi connectivity index (χ1) is 14.0. The summed E-state index contributed by atoms with van der Waals surface area (Å²) in [5, 5.41) is 13.9. The third-order valence-electron chi connectivity index (χ3n) is 4.27. The zero-order valence-corrected chi connectivity index (χ0v) is 16.8. The fraction of sp³-hybridized carbons (Fsp3) is 0.182. The number of nitriles is 1. The fourth-order valence-electron chi connectivity index (χ4n) is 2.58. The Labute approximate surface area is 172 Å². The number of thiazole rings is 1. The highest BCUT2D eigenvalue weighted by atomic mass is 32.1. The molecule has 1 atom stereocenters. The maximum atomic E-state index is 12.4. The number of hydrogen-bond donors (Lipinski definition) is 1. The van der Waals surface area contributed by atoms with Crippen LogP contribution in [0.4, 0.5) is 5.13 Å². The summed E-state index contributed by atoms with van der Waals surface area (Å²) in [5.74, 6) is -1.14. The highest BCUT2D eigenvalue weighted by molar-refractivity contribution is 7.14. The van der Waals surface area contributed by atoms with Crippen LogP contribution >= 0.6 is 11.3 Å². The number of amides is 1. The highest BCUT2D eigenvalue weighted by Crippen LogP contribution is 2.25. The molecule has 2 aromatic carbocycles. The van der Waals surface area contributed by atoms with Gasteiger partial charge < -0.3 is 4.74 Å². The molecule has 146 valence electrons. The monoisotopic (exact) mass is 405 g/mol. The van der Waals surface area contributed by atoms with E-state index in [9.17, 15) is 9.59 Å². The van der Waals surface area contributed by atoms with Crippen molar-refractivity contribution in [1.82, 2.24) is 4.98 Å². The topological polar surface area (TPSA) is 92.1 Å². The van der Waals surface area contributed by atoms with Crippen LogP contribution in [0.5, 0.6) is 0 Å². The zero-order chi connectivity index (χ0) is 20.8. The van der Waals surface area contributed by atoms with Crippen LogP contribution in [-0.2, 0) is 16.0 Å². The Bertz CT molecular complexity index is 1070. The van der Waals surface area contributed by atoms with Gasteiger partial charge in [-0.3, -0.25) is 10.1 Å². The molecular weight excluding hydrogens is 386 g/mol. The Kier molecular flexibility index (Phi) is 6.37. The van der Waals surface area contributed by atoms with Crippen LogP contribution in [0.25, 0.3) is 11.3 Å². The fourth-order valence-corrected chi connectivity index (χ4v) is 3.30. The predicted molar refractivity (Wildman–Crippen MR) is 112 cm³/mol. The molecule has 1 amide bonds. The Morgan fingerprint density at radius 1 is 1.24 bits per heavy atom. The van der Waals surface area contributed by atoms with Gasteiger partial charge in [0.25, 0.3) is 5.91 Å². The van der Waals surface area contributed by atoms with Crippen molar-refractivity contribution in [2.24, 2.45) is 0 Å². The molecule has 0 unspecified atom stereocenters. The van der Waals surface area contributed by atoms with E-state index in [0.29, 0.717) is 10.7 Å². The molecule has 0 saturated carbocycles. The first kappa shape index (κ1) is 20.2. The molecule has 7 heteroatoms. The molecule has 0 aliphatic carbocycles. The summed E-state index contributed by atoms with van der Waals surface area (Å²) in [6.45, 7) is 3.58. The van der Waals surface area contributed by atoms with E-state index in [0.717, 1.165) is 17.7 Å². The number of aryl methyl sites for hydroxylation is 1. The summed E-state index contributed by atoms with van der Waals surface area (Å²) in [4.78, 5) is 29.0. The maximum absolute atomic E-state index is 12.4. The Hall–Kier alpha value is -3.50. The minimum atomic E-state index is -1.01. The smallest absolute Gasteiger partial charge is 0.338 e. The van der Waals surface area contributed by atoms with E-state index in [4.69, 9.17) is 10.00 Å². The third-order valence-corrected chi connectivity index (χ3v) is 5.03. The van der Waals surface area contributed by atoms with Crippen molar-refractivity contribution < 1.29 is 14.3 Å². The van der Waals surface area contributed by atoms with Gasteiger partial charge in [0.15, 0.2) is 11.2 Å². The van der Waals surface area contributed by atoms with E-state index in [2.05, 4.69) is 29.4 Å². The summed E-state index contributed by atoms with van der Waals surface area (Å²) in [5.41, 5.74) is 3.55. The Morgan fingerprint density at radius 3 is 2.69 bits per heavy atom. The molecule has 0 fully saturated rings. The van der Waals surface area contributed by atoms with Gasteiger partial charge in [0, 0.05) is 10.9 Å². The Morgan fingerprint density at radius 2 is 2.00 bits per heavy atom. The van der Waals surface area contributed by atoms with Crippen molar-refractivity contribution in [3.05, 3.63) is 70.6 Å². The maximum Gasteiger partial charge on any atom is 0.338 e. The molecule has 0 radical (unpaired) electrons. The van der Waals surface area contributed by atoms with E-state index >= 15 is 0 Å². The number of nitrogens with zero attached hydrogens (tertiary/aromatic N) is 2. The highest BCUT2D eigenvalue weighted by Gasteiger charge is 2.20. The number of rotatable bonds is 6. The van der Waals surface area contributed by atoms with E-state index in [1.165, 1.54) is 36.0 Å². The normalized spacial score (nSPS) is 11.3. The summed E-state index contributed by atoms with van der Waals surface area (Å²) < 4.78 is 5.20. The van der Waals surface area contributed by atoms with Crippen molar-refractivity contribution in [3.63, 3.8) is 0 Å². The average molecular weight is 405 g/mol. The van der Waals surface area contributed by atoms with Crippen molar-refractivity contribution in [2.75, 3.05) is 5.32 Å². The van der Waals surface area contributed by atoms with Crippen LogP contribution in [0, 0.1) is 11.3 Å². The number of anilines is 1. The van der Waals surface area contributed by atoms with Crippen LogP contribution in [0.1, 0.15) is 35.3 Å². The number of carbonyl (C=O) groups excluding carboxylic acids is 2. The predicted octanol–water partition coefficient (Wildman–Crippen LogP) is 4.43. The van der Waals surface area contributed by atoms with Gasteiger partial charge >= 0.3 is 5.97 Å². The Balaban J connectivity index is 1.61. The van der Waals surface area contributed by atoms with Gasteiger partial charge in [0.05, 0.1) is 22.9 Å². The van der Waals surface area contributed by atoms with Crippen molar-refractivity contribution in [2.45, 2.75) is 26.4 Å². The minimum Gasteiger partial charge on any atom is -0.449 e. The van der Waals surface area contributed by atoms with Crippen LogP contribution in [-0.4, -0.2) is 23.0 Å². The molecule has 29 heavy (non-hydrogen) atoms. The quantitative estimate of drug-likeness (QED) is 0.613. The SMILES string of the molecule is CCc1ccc(-c2csc(NC(=O)[C@H](C)OC(=O)c3cccc(C#N)c3)n2)cc1. The van der Waals surface area contributed by atoms with Gasteiger partial charge in [-0.05, 0) is 37.1 Å². The van der Waals surface area contributed by atoms with Crippen LogP contribution < -0.4 is 5.32 Å². The second-order valence-electron chi connectivity index (χ2n) is 6.32. The minimum absolute atomic E-state index is 0.218. The van der Waals surface area contributed by atoms with Gasteiger partial charge in [0.2, 0.25) is 0 Å². The first-order valence-electron chi connectivity index (χ1n) is 9.07. The number of esters is 1. The lowest BCUT2D eigenvalue weighted by atomic mass is 10.1. The molecule has 0 bridgehead atoms. The lowest BCUT2D eigenvalue weighted by Gasteiger charge is -2.12. The van der Waals surface area contributed by atoms with Crippen molar-refractivity contribution >= 4 is 28.3 Å². The molecule has 1 N–H and O–H groups in total. The molecule has 0 aliphatic rings. The molecule has 1 heterocycles. The third kappa shape index (κ3) is 5.06. The van der Waals surface area contributed by atoms with E-state index in [1.54, 1.807) is 12.1 Å². The van der Waals surface area contributed by atoms with Crippen LogP contribution in [0.15, 0.2) is 53.9 Å². The standard InChI is InChI=1S/C22H19N3O3S/c1-3-15-7-9-17(10-8-15)19-13-29-22(24-19)25-20(26)14(2)28-21(27)18-6-4-5-16(11-18)12-23/h4-11,13-14H,3H2,1-2H3,(H,24,25,26)/t14-/m0/s1. The first-order valence-corrected chi connectivity index (χ1v) is 9.95. The number of benzene rings is 2. The second kappa shape index (κ2) is 9.13. The van der Waals surface area contributed by atoms with Gasteiger partial charge in [0.1, 0.15) is 0 Å². The van der Waals surface area contributed by atoms with Crippen LogP contribution in [0.3, 0.4) is 0 Å². The zero-order valence-electron chi connectivity index (χ0n) is 16.0. The molecule has 0 spiro atoms. The second-order valence-corrected chi connectivity index (χ2v) is 7.18. The van der Waals surface area contributed by atoms with E-state index in [1.807, 2.05) is 23.6 Å². The number of carbonyl (C=O) groups is 2. The number of ether oxygens (including phenoxy) is 1. The van der Waals surface area contributed by atoms with Gasteiger partial charge in [-0.15, -0.1) is 11.3 Å². The summed E-state index contributed by atoms with van der Waals surface area (Å²) in [7, 11) is 0. The van der Waals surface area contributed by atoms with E-state index in [-0.39, 0.29) is 5.56 Å². The molecule has 1 aromatic heterocycles. The molecule has 0 saturated heterocycles. The summed E-state index contributed by atoms with van der Waals surface area (Å²) >= 11 is 1.30. The number of hydrogen-bond acceptors (Lipinski definition) is 6.